The van der Waals surface area contributed by atoms with Gasteiger partial charge in [0.05, 0.1) is 20.6 Å². The summed E-state index contributed by atoms with van der Waals surface area (Å²) in [4.78, 5) is 30.4. The predicted octanol–water partition coefficient (Wildman–Crippen LogP) is 8.24. The van der Waals surface area contributed by atoms with Gasteiger partial charge in [-0.25, -0.2) is 8.42 Å². The summed E-state index contributed by atoms with van der Waals surface area (Å²) in [5, 5.41) is 4.17. The number of anilines is 1. The molecule has 1 aliphatic carbocycles. The maximum atomic E-state index is 14.7. The van der Waals surface area contributed by atoms with Crippen LogP contribution >= 0.6 is 34.8 Å². The quantitative estimate of drug-likeness (QED) is 0.159. The number of rotatable bonds is 12. The lowest BCUT2D eigenvalue weighted by Gasteiger charge is -2.35. The van der Waals surface area contributed by atoms with Crippen LogP contribution in [0.15, 0.2) is 102 Å². The Labute approximate surface area is 297 Å². The lowest BCUT2D eigenvalue weighted by molar-refractivity contribution is -0.140. The van der Waals surface area contributed by atoms with Gasteiger partial charge in [0.15, 0.2) is 0 Å². The maximum absolute atomic E-state index is 14.7. The highest BCUT2D eigenvalue weighted by Gasteiger charge is 2.35. The van der Waals surface area contributed by atoms with E-state index >= 15 is 0 Å². The highest BCUT2D eigenvalue weighted by Crippen LogP contribution is 2.29. The van der Waals surface area contributed by atoms with Gasteiger partial charge in [0.2, 0.25) is 11.8 Å². The van der Waals surface area contributed by atoms with Crippen molar-refractivity contribution in [3.63, 3.8) is 0 Å². The molecular weight excluding hydrogens is 689 g/mol. The SMILES string of the molecule is Cc1ccc(S(=O)(=O)N(CC(=O)N(Cc2ccc(Cl)c(Cl)c2)[C@@H](Cc2ccccc2)C(=O)NC2CCCCC2)c2cccc(Cl)c2)cc1. The van der Waals surface area contributed by atoms with Crippen LogP contribution in [0.5, 0.6) is 0 Å². The smallest absolute Gasteiger partial charge is 0.264 e. The number of nitrogens with zero attached hydrogens (tertiary/aromatic N) is 2. The first kappa shape index (κ1) is 35.7. The van der Waals surface area contributed by atoms with Gasteiger partial charge in [-0.3, -0.25) is 13.9 Å². The van der Waals surface area contributed by atoms with E-state index in [4.69, 9.17) is 34.8 Å². The molecule has 1 fully saturated rings. The second-order valence-electron chi connectivity index (χ2n) is 12.1. The fraction of sp³-hybridized carbons (Fsp3) is 0.297. The fourth-order valence-corrected chi connectivity index (χ4v) is 7.84. The van der Waals surface area contributed by atoms with Crippen molar-refractivity contribution < 1.29 is 18.0 Å². The molecule has 1 atom stereocenters. The summed E-state index contributed by atoms with van der Waals surface area (Å²) in [5.41, 5.74) is 2.60. The molecule has 0 radical (unpaired) electrons. The molecule has 1 N–H and O–H groups in total. The highest BCUT2D eigenvalue weighted by atomic mass is 35.5. The molecule has 252 valence electrons. The number of hydrogen-bond acceptors (Lipinski definition) is 4. The number of nitrogens with one attached hydrogen (secondary N) is 1. The zero-order valence-electron chi connectivity index (χ0n) is 26.6. The van der Waals surface area contributed by atoms with Crippen molar-refractivity contribution in [2.24, 2.45) is 0 Å². The van der Waals surface area contributed by atoms with Gasteiger partial charge >= 0.3 is 0 Å². The summed E-state index contributed by atoms with van der Waals surface area (Å²) in [7, 11) is -4.24. The molecule has 0 saturated heterocycles. The molecule has 4 aromatic rings. The molecule has 0 spiro atoms. The molecule has 0 heterocycles. The van der Waals surface area contributed by atoms with Crippen molar-refractivity contribution in [1.82, 2.24) is 10.2 Å². The van der Waals surface area contributed by atoms with E-state index in [2.05, 4.69) is 5.32 Å². The van der Waals surface area contributed by atoms with Crippen molar-refractivity contribution in [3.8, 4) is 0 Å². The molecule has 5 rings (SSSR count). The van der Waals surface area contributed by atoms with Crippen LogP contribution in [0.25, 0.3) is 0 Å². The summed E-state index contributed by atoms with van der Waals surface area (Å²) < 4.78 is 29.5. The van der Waals surface area contributed by atoms with Crippen molar-refractivity contribution in [2.75, 3.05) is 10.8 Å². The summed E-state index contributed by atoms with van der Waals surface area (Å²) in [6, 6.07) is 26.3. The Kier molecular flexibility index (Phi) is 12.1. The van der Waals surface area contributed by atoms with Crippen molar-refractivity contribution in [1.29, 1.82) is 0 Å². The van der Waals surface area contributed by atoms with E-state index in [-0.39, 0.29) is 35.5 Å². The monoisotopic (exact) mass is 725 g/mol. The molecule has 0 unspecified atom stereocenters. The fourth-order valence-electron chi connectivity index (χ4n) is 5.93. The first-order valence-electron chi connectivity index (χ1n) is 15.9. The second-order valence-corrected chi connectivity index (χ2v) is 15.2. The molecule has 0 aliphatic heterocycles. The van der Waals surface area contributed by atoms with E-state index in [9.17, 15) is 18.0 Å². The minimum absolute atomic E-state index is 0.00340. The van der Waals surface area contributed by atoms with E-state index in [0.717, 1.165) is 47.5 Å². The Morgan fingerprint density at radius 3 is 2.19 bits per heavy atom. The first-order chi connectivity index (χ1) is 23.0. The van der Waals surface area contributed by atoms with Crippen LogP contribution in [0.3, 0.4) is 0 Å². The minimum Gasteiger partial charge on any atom is -0.352 e. The number of benzene rings is 4. The van der Waals surface area contributed by atoms with Gasteiger partial charge in [-0.05, 0) is 73.4 Å². The lowest BCUT2D eigenvalue weighted by Crippen LogP contribution is -2.55. The zero-order chi connectivity index (χ0) is 34.3. The number of hydrogen-bond donors (Lipinski definition) is 1. The van der Waals surface area contributed by atoms with Crippen LogP contribution in [0.1, 0.15) is 48.8 Å². The molecule has 4 aromatic carbocycles. The number of halogens is 3. The van der Waals surface area contributed by atoms with Crippen LogP contribution in [-0.2, 0) is 32.6 Å². The Hall–Kier alpha value is -3.56. The van der Waals surface area contributed by atoms with Crippen molar-refractivity contribution >= 4 is 62.3 Å². The van der Waals surface area contributed by atoms with E-state index < -0.39 is 28.5 Å². The van der Waals surface area contributed by atoms with Gasteiger partial charge in [-0.15, -0.1) is 0 Å². The Morgan fingerprint density at radius 2 is 1.52 bits per heavy atom. The molecule has 1 saturated carbocycles. The third kappa shape index (κ3) is 9.11. The number of aryl methyl sites for hydroxylation is 1. The van der Waals surface area contributed by atoms with Crippen molar-refractivity contribution in [2.45, 2.75) is 69.0 Å². The summed E-state index contributed by atoms with van der Waals surface area (Å²) in [6.45, 7) is 1.26. The third-order valence-electron chi connectivity index (χ3n) is 8.54. The number of carbonyl (C=O) groups is 2. The van der Waals surface area contributed by atoms with Crippen LogP contribution in [0.2, 0.25) is 15.1 Å². The number of sulfonamides is 1. The molecular formula is C37H38Cl3N3O4S. The van der Waals surface area contributed by atoms with Gasteiger partial charge in [-0.1, -0.05) is 114 Å². The molecule has 0 bridgehead atoms. The van der Waals surface area contributed by atoms with Crippen LogP contribution < -0.4 is 9.62 Å². The second kappa shape index (κ2) is 16.2. The molecule has 2 amide bonds. The van der Waals surface area contributed by atoms with Gasteiger partial charge < -0.3 is 10.2 Å². The van der Waals surface area contributed by atoms with E-state index in [1.165, 1.54) is 23.1 Å². The predicted molar refractivity (Wildman–Crippen MR) is 193 cm³/mol. The largest absolute Gasteiger partial charge is 0.352 e. The van der Waals surface area contributed by atoms with E-state index in [1.54, 1.807) is 48.5 Å². The van der Waals surface area contributed by atoms with E-state index in [1.807, 2.05) is 37.3 Å². The minimum atomic E-state index is -4.24. The summed E-state index contributed by atoms with van der Waals surface area (Å²) >= 11 is 18.9. The Balaban J connectivity index is 1.57. The molecule has 1 aliphatic rings. The third-order valence-corrected chi connectivity index (χ3v) is 11.3. The van der Waals surface area contributed by atoms with Gasteiger partial charge in [-0.2, -0.15) is 0 Å². The maximum Gasteiger partial charge on any atom is 0.264 e. The lowest BCUT2D eigenvalue weighted by atomic mass is 9.94. The summed E-state index contributed by atoms with van der Waals surface area (Å²) in [5.74, 6) is -0.869. The first-order valence-corrected chi connectivity index (χ1v) is 18.5. The number of carbonyl (C=O) groups excluding carboxylic acids is 2. The molecule has 48 heavy (non-hydrogen) atoms. The highest BCUT2D eigenvalue weighted by molar-refractivity contribution is 7.92. The average Bonchev–Trinajstić information content (AvgIpc) is 3.07. The summed E-state index contributed by atoms with van der Waals surface area (Å²) in [6.07, 6.45) is 5.10. The number of amides is 2. The Bertz CT molecular complexity index is 1830. The topological polar surface area (TPSA) is 86.8 Å². The van der Waals surface area contributed by atoms with Gasteiger partial charge in [0.25, 0.3) is 10.0 Å². The van der Waals surface area contributed by atoms with Crippen LogP contribution in [-0.4, -0.2) is 43.8 Å². The molecule has 0 aromatic heterocycles. The van der Waals surface area contributed by atoms with Crippen LogP contribution in [0.4, 0.5) is 5.69 Å². The average molecular weight is 727 g/mol. The molecule has 7 nitrogen and oxygen atoms in total. The van der Waals surface area contributed by atoms with E-state index in [0.29, 0.717) is 20.6 Å². The van der Waals surface area contributed by atoms with Crippen LogP contribution in [0, 0.1) is 6.92 Å². The molecule has 11 heteroatoms. The van der Waals surface area contributed by atoms with Gasteiger partial charge in [0.1, 0.15) is 12.6 Å². The van der Waals surface area contributed by atoms with Crippen molar-refractivity contribution in [3.05, 3.63) is 129 Å². The normalized spacial score (nSPS) is 14.2. The standard InChI is InChI=1S/C37H38Cl3N3O4S/c1-26-15-18-32(19-16-26)48(46,47)43(31-14-8-11-29(38)23-31)25-36(44)42(24-28-17-20-33(39)34(40)21-28)35(22-27-9-4-2-5-10-27)37(45)41-30-12-6-3-7-13-30/h2,4-5,8-11,14-21,23,30,35H,3,6-7,12-13,22,24-25H2,1H3,(H,41,45)/t35-/m0/s1. The zero-order valence-corrected chi connectivity index (χ0v) is 29.7. The Morgan fingerprint density at radius 1 is 0.812 bits per heavy atom. The van der Waals surface area contributed by atoms with Gasteiger partial charge in [0, 0.05) is 24.0 Å².